The van der Waals surface area contributed by atoms with Crippen LogP contribution in [0, 0.1) is 49.5 Å². The van der Waals surface area contributed by atoms with Crippen molar-refractivity contribution in [1.82, 2.24) is 20.5 Å². The van der Waals surface area contributed by atoms with Crippen LogP contribution in [-0.2, 0) is 12.6 Å². The minimum absolute atomic E-state index is 0. The van der Waals surface area contributed by atoms with Crippen molar-refractivity contribution in [1.29, 1.82) is 0 Å². The van der Waals surface area contributed by atoms with Gasteiger partial charge in [-0.15, -0.1) is 0 Å². The molecule has 0 aliphatic heterocycles. The van der Waals surface area contributed by atoms with Gasteiger partial charge in [0.05, 0.1) is 11.7 Å². The second-order valence-electron chi connectivity index (χ2n) is 9.66. The zero-order valence-electron chi connectivity index (χ0n) is 22.8. The summed E-state index contributed by atoms with van der Waals surface area (Å²) < 4.78 is 39.9. The van der Waals surface area contributed by atoms with Gasteiger partial charge in [-0.05, 0) is 56.2 Å². The standard InChI is InChI=1S/C29H37F3N5O.U/c1-4-6-9-13-22-14-17-25(33-20-22)37(18-5-2)19-11-8-7-10-12-21(3)34-24-16-15-23-26(29(30,31)32)28(38)36-35-27(23)24;/h3,14,17,20,24,34H,4-8,10-12,15-16,18-19H2,1-2H3,(H,36,38);/q-1;. The van der Waals surface area contributed by atoms with Crippen molar-refractivity contribution in [3.05, 3.63) is 63.3 Å². The third-order valence-corrected chi connectivity index (χ3v) is 6.57. The van der Waals surface area contributed by atoms with Crippen LogP contribution in [-0.4, -0.2) is 28.3 Å². The molecule has 10 heteroatoms. The van der Waals surface area contributed by atoms with Gasteiger partial charge in [0, 0.05) is 62.4 Å². The Morgan fingerprint density at radius 3 is 2.62 bits per heavy atom. The van der Waals surface area contributed by atoms with Crippen molar-refractivity contribution in [3.8, 4) is 11.8 Å². The Kier molecular flexibility index (Phi) is 13.6. The molecule has 3 rings (SSSR count). The second kappa shape index (κ2) is 16.1. The largest absolute Gasteiger partial charge is 0.494 e. The zero-order valence-corrected chi connectivity index (χ0v) is 26.9. The number of pyridine rings is 1. The molecule has 1 unspecified atom stereocenters. The van der Waals surface area contributed by atoms with Crippen LogP contribution in [0.15, 0.2) is 28.8 Å². The number of halogens is 3. The number of unbranched alkanes of at least 4 members (excludes halogenated alkanes) is 4. The number of nitrogens with one attached hydrogen (secondary N) is 2. The molecule has 1 aliphatic carbocycles. The first-order valence-corrected chi connectivity index (χ1v) is 13.5. The molecule has 1 atom stereocenters. The molecule has 0 spiro atoms. The van der Waals surface area contributed by atoms with Gasteiger partial charge in [0.1, 0.15) is 11.4 Å². The minimum Gasteiger partial charge on any atom is -0.494 e. The topological polar surface area (TPSA) is 73.9 Å². The number of hydrogen-bond donors (Lipinski definition) is 2. The Bertz CT molecular complexity index is 1180. The Morgan fingerprint density at radius 1 is 1.18 bits per heavy atom. The van der Waals surface area contributed by atoms with Crippen LogP contribution in [0.25, 0.3) is 0 Å². The molecule has 0 aromatic carbocycles. The Labute approximate surface area is 253 Å². The van der Waals surface area contributed by atoms with Gasteiger partial charge < -0.3 is 16.8 Å². The predicted octanol–water partition coefficient (Wildman–Crippen LogP) is 6.10. The number of aromatic nitrogens is 3. The number of hydrogen-bond acceptors (Lipinski definition) is 5. The summed E-state index contributed by atoms with van der Waals surface area (Å²) in [6, 6.07) is 3.64. The average Bonchev–Trinajstić information content (AvgIpc) is 3.27. The van der Waals surface area contributed by atoms with Crippen LogP contribution >= 0.6 is 0 Å². The Balaban J connectivity index is 0.00000533. The number of H-pyrrole nitrogens is 1. The summed E-state index contributed by atoms with van der Waals surface area (Å²) in [6.07, 6.45) is 5.23. The maximum Gasteiger partial charge on any atom is 0.422 e. The number of aromatic amines is 1. The maximum atomic E-state index is 13.3. The first-order valence-electron chi connectivity index (χ1n) is 13.5. The van der Waals surface area contributed by atoms with Crippen LogP contribution in [0.3, 0.4) is 0 Å². The summed E-state index contributed by atoms with van der Waals surface area (Å²) in [5, 5.41) is 8.99. The molecule has 0 radical (unpaired) electrons. The van der Waals surface area contributed by atoms with Crippen LogP contribution in [0.5, 0.6) is 0 Å². The van der Waals surface area contributed by atoms with Crippen LogP contribution in [0.2, 0.25) is 0 Å². The molecule has 0 saturated carbocycles. The molecule has 0 bridgehead atoms. The van der Waals surface area contributed by atoms with Crippen molar-refractivity contribution in [2.45, 2.75) is 90.3 Å². The number of rotatable bonds is 13. The molecule has 0 amide bonds. The van der Waals surface area contributed by atoms with Crippen LogP contribution in [0.4, 0.5) is 19.0 Å². The predicted molar refractivity (Wildman–Crippen MR) is 143 cm³/mol. The summed E-state index contributed by atoms with van der Waals surface area (Å²) in [6.45, 7) is 12.3. The SMILES string of the molecule is [CH-]=C(CCCCCCN(CCC)c1ccc(C#CCCC)cn1)NC1CCc2c1n[nH]c(=O)c2C(F)(F)F.[U]. The first-order chi connectivity index (χ1) is 18.2. The third kappa shape index (κ3) is 9.72. The third-order valence-electron chi connectivity index (χ3n) is 6.57. The van der Waals surface area contributed by atoms with Gasteiger partial charge in [0.15, 0.2) is 0 Å². The van der Waals surface area contributed by atoms with Crippen LogP contribution < -0.4 is 15.8 Å². The summed E-state index contributed by atoms with van der Waals surface area (Å²) in [4.78, 5) is 18.6. The van der Waals surface area contributed by atoms with Crippen molar-refractivity contribution in [2.24, 2.45) is 0 Å². The molecule has 39 heavy (non-hydrogen) atoms. The van der Waals surface area contributed by atoms with E-state index in [9.17, 15) is 18.0 Å². The molecule has 2 heterocycles. The minimum atomic E-state index is -4.71. The summed E-state index contributed by atoms with van der Waals surface area (Å²) in [7, 11) is 0. The van der Waals surface area contributed by atoms with E-state index >= 15 is 0 Å². The van der Waals surface area contributed by atoms with Crippen LogP contribution in [0.1, 0.15) is 100 Å². The van der Waals surface area contributed by atoms with Crippen molar-refractivity contribution >= 4 is 5.82 Å². The van der Waals surface area contributed by atoms with Gasteiger partial charge in [-0.2, -0.15) is 24.0 Å². The first kappa shape index (κ1) is 33.0. The van der Waals surface area contributed by atoms with Gasteiger partial charge in [0.2, 0.25) is 0 Å². The molecule has 0 saturated heterocycles. The van der Waals surface area contributed by atoms with E-state index in [1.807, 2.05) is 23.4 Å². The van der Waals surface area contributed by atoms with Crippen molar-refractivity contribution in [2.75, 3.05) is 18.0 Å². The van der Waals surface area contributed by atoms with Gasteiger partial charge >= 0.3 is 6.18 Å². The number of nitrogens with zero attached hydrogens (tertiary/aromatic N) is 3. The number of allylic oxidation sites excluding steroid dienone is 1. The Morgan fingerprint density at radius 2 is 1.95 bits per heavy atom. The molecule has 0 fully saturated rings. The fourth-order valence-corrected chi connectivity index (χ4v) is 4.72. The van der Waals surface area contributed by atoms with E-state index in [2.05, 4.69) is 46.0 Å². The van der Waals surface area contributed by atoms with Crippen molar-refractivity contribution < 1.29 is 44.3 Å². The normalized spacial score (nSPS) is 14.1. The van der Waals surface area contributed by atoms with E-state index in [-0.39, 0.29) is 48.8 Å². The fourth-order valence-electron chi connectivity index (χ4n) is 4.72. The maximum absolute atomic E-state index is 13.3. The molecule has 2 aromatic rings. The van der Waals surface area contributed by atoms with E-state index in [1.165, 1.54) is 0 Å². The fraction of sp³-hybridized carbons (Fsp3) is 0.552. The summed E-state index contributed by atoms with van der Waals surface area (Å²) in [5.74, 6) is 7.26. The monoisotopic (exact) mass is 766 g/mol. The van der Waals surface area contributed by atoms with Crippen molar-refractivity contribution in [3.63, 3.8) is 0 Å². The molecule has 6 nitrogen and oxygen atoms in total. The quantitative estimate of drug-likeness (QED) is 0.147. The van der Waals surface area contributed by atoms with E-state index < -0.39 is 23.3 Å². The molecular formula is C29H37F3N5OU-. The van der Waals surface area contributed by atoms with Gasteiger partial charge in [-0.3, -0.25) is 4.79 Å². The van der Waals surface area contributed by atoms with Gasteiger partial charge in [-0.1, -0.05) is 45.0 Å². The molecule has 1 aliphatic rings. The number of alkyl halides is 3. The van der Waals surface area contributed by atoms with E-state index in [0.717, 1.165) is 69.4 Å². The number of fused-ring (bicyclic) bond motifs is 1. The molecule has 210 valence electrons. The Hall–Kier alpha value is -2.23. The second-order valence-corrected chi connectivity index (χ2v) is 9.66. The zero-order chi connectivity index (χ0) is 27.5. The van der Waals surface area contributed by atoms with Gasteiger partial charge in [0.25, 0.3) is 5.56 Å². The molecule has 2 aromatic heterocycles. The van der Waals surface area contributed by atoms with E-state index in [0.29, 0.717) is 18.5 Å². The average molecular weight is 767 g/mol. The number of anilines is 1. The van der Waals surface area contributed by atoms with E-state index in [4.69, 9.17) is 6.58 Å². The summed E-state index contributed by atoms with van der Waals surface area (Å²) >= 11 is 0. The molecule has 2 N–H and O–H groups in total. The molecular weight excluding hydrogens is 729 g/mol. The van der Waals surface area contributed by atoms with Gasteiger partial charge in [-0.25, -0.2) is 10.1 Å². The smallest absolute Gasteiger partial charge is 0.422 e. The summed E-state index contributed by atoms with van der Waals surface area (Å²) in [5.41, 5.74) is -0.678. The van der Waals surface area contributed by atoms with E-state index in [1.54, 1.807) is 0 Å².